The zero-order valence-corrected chi connectivity index (χ0v) is 11.4. The van der Waals surface area contributed by atoms with Gasteiger partial charge in [-0.25, -0.2) is 0 Å². The van der Waals surface area contributed by atoms with Gasteiger partial charge >= 0.3 is 0 Å². The minimum atomic E-state index is -0.0594. The summed E-state index contributed by atoms with van der Waals surface area (Å²) in [6.45, 7) is 1.16. The number of aliphatic hydroxyl groups is 1. The van der Waals surface area contributed by atoms with Crippen molar-refractivity contribution in [3.05, 3.63) is 33.3 Å². The van der Waals surface area contributed by atoms with Crippen molar-refractivity contribution in [2.75, 3.05) is 20.3 Å². The second kappa shape index (κ2) is 7.25. The molecule has 1 unspecified atom stereocenters. The third-order valence-corrected chi connectivity index (χ3v) is 3.19. The number of aliphatic hydroxyl groups excluding tert-OH is 1. The Morgan fingerprint density at radius 1 is 1.56 bits per heavy atom. The van der Waals surface area contributed by atoms with Crippen molar-refractivity contribution in [1.29, 1.82) is 0 Å². The van der Waals surface area contributed by atoms with Gasteiger partial charge in [-0.3, -0.25) is 0 Å². The fourth-order valence-corrected chi connectivity index (χ4v) is 1.89. The number of nitrogens with one attached hydrogen (secondary N) is 1. The minimum absolute atomic E-state index is 0.0476. The summed E-state index contributed by atoms with van der Waals surface area (Å²) in [4.78, 5) is 0. The average Bonchev–Trinajstić information content (AvgIpc) is 2.28. The van der Waals surface area contributed by atoms with E-state index in [-0.39, 0.29) is 12.6 Å². The van der Waals surface area contributed by atoms with Crippen LogP contribution in [0.4, 0.5) is 0 Å². The van der Waals surface area contributed by atoms with E-state index < -0.39 is 0 Å². The molecular weight excluding hydrogens is 293 g/mol. The van der Waals surface area contributed by atoms with Crippen LogP contribution in [-0.2, 0) is 11.3 Å². The molecule has 0 heterocycles. The standard InChI is InChI=1S/C11H15BrClNO2/c1-16-7-10(6-15)14-5-8-4-9(13)2-3-11(8)12/h2-4,10,14-15H,5-7H2,1H3. The van der Waals surface area contributed by atoms with Crippen molar-refractivity contribution >= 4 is 27.5 Å². The van der Waals surface area contributed by atoms with E-state index in [0.29, 0.717) is 18.2 Å². The largest absolute Gasteiger partial charge is 0.395 e. The molecule has 0 aromatic heterocycles. The van der Waals surface area contributed by atoms with Gasteiger partial charge in [-0.2, -0.15) is 0 Å². The van der Waals surface area contributed by atoms with E-state index in [1.165, 1.54) is 0 Å². The maximum Gasteiger partial charge on any atom is 0.0638 e. The zero-order chi connectivity index (χ0) is 12.0. The molecule has 0 aliphatic rings. The zero-order valence-electron chi connectivity index (χ0n) is 9.04. The highest BCUT2D eigenvalue weighted by Crippen LogP contribution is 2.20. The molecule has 0 spiro atoms. The predicted octanol–water partition coefficient (Wildman–Crippen LogP) is 2.20. The molecule has 0 amide bonds. The summed E-state index contributed by atoms with van der Waals surface area (Å²) in [5.74, 6) is 0. The molecule has 5 heteroatoms. The van der Waals surface area contributed by atoms with Crippen LogP contribution < -0.4 is 5.32 Å². The van der Waals surface area contributed by atoms with E-state index in [1.807, 2.05) is 18.2 Å². The van der Waals surface area contributed by atoms with Gasteiger partial charge in [-0.1, -0.05) is 27.5 Å². The number of benzene rings is 1. The van der Waals surface area contributed by atoms with Gasteiger partial charge in [0.25, 0.3) is 0 Å². The van der Waals surface area contributed by atoms with Gasteiger partial charge in [-0.15, -0.1) is 0 Å². The summed E-state index contributed by atoms with van der Waals surface area (Å²) in [7, 11) is 1.61. The van der Waals surface area contributed by atoms with Crippen LogP contribution in [0.1, 0.15) is 5.56 Å². The van der Waals surface area contributed by atoms with Crippen LogP contribution in [0.2, 0.25) is 5.02 Å². The fourth-order valence-electron chi connectivity index (χ4n) is 1.31. The number of halogens is 2. The van der Waals surface area contributed by atoms with Gasteiger partial charge in [0.05, 0.1) is 19.3 Å². The molecule has 0 bridgehead atoms. The molecule has 0 saturated carbocycles. The molecule has 90 valence electrons. The minimum Gasteiger partial charge on any atom is -0.395 e. The molecule has 1 aromatic carbocycles. The van der Waals surface area contributed by atoms with Crippen molar-refractivity contribution in [3.8, 4) is 0 Å². The monoisotopic (exact) mass is 307 g/mol. The molecule has 2 N–H and O–H groups in total. The van der Waals surface area contributed by atoms with E-state index in [2.05, 4.69) is 21.2 Å². The van der Waals surface area contributed by atoms with Crippen LogP contribution in [0.25, 0.3) is 0 Å². The van der Waals surface area contributed by atoms with Crippen molar-refractivity contribution in [3.63, 3.8) is 0 Å². The molecule has 1 atom stereocenters. The third-order valence-electron chi connectivity index (χ3n) is 2.18. The smallest absolute Gasteiger partial charge is 0.0638 e. The average molecular weight is 309 g/mol. The van der Waals surface area contributed by atoms with Crippen LogP contribution in [0, 0.1) is 0 Å². The Labute approximate surface area is 109 Å². The van der Waals surface area contributed by atoms with Gasteiger partial charge < -0.3 is 15.2 Å². The Bertz CT molecular complexity index is 336. The van der Waals surface area contributed by atoms with Gasteiger partial charge in [0, 0.05) is 23.1 Å². The topological polar surface area (TPSA) is 41.5 Å². The summed E-state index contributed by atoms with van der Waals surface area (Å²) in [5, 5.41) is 13.0. The SMILES string of the molecule is COCC(CO)NCc1cc(Cl)ccc1Br. The Morgan fingerprint density at radius 3 is 2.94 bits per heavy atom. The second-order valence-corrected chi connectivity index (χ2v) is 4.74. The first-order valence-electron chi connectivity index (χ1n) is 4.94. The lowest BCUT2D eigenvalue weighted by molar-refractivity contribution is 0.128. The van der Waals surface area contributed by atoms with Gasteiger partial charge in [0.1, 0.15) is 0 Å². The first kappa shape index (κ1) is 13.9. The molecule has 0 radical (unpaired) electrons. The lowest BCUT2D eigenvalue weighted by Crippen LogP contribution is -2.35. The van der Waals surface area contributed by atoms with E-state index >= 15 is 0 Å². The first-order chi connectivity index (χ1) is 7.67. The highest BCUT2D eigenvalue weighted by molar-refractivity contribution is 9.10. The summed E-state index contributed by atoms with van der Waals surface area (Å²) in [6.07, 6.45) is 0. The van der Waals surface area contributed by atoms with Crippen LogP contribution in [-0.4, -0.2) is 31.5 Å². The summed E-state index contributed by atoms with van der Waals surface area (Å²) < 4.78 is 5.98. The van der Waals surface area contributed by atoms with E-state index in [4.69, 9.17) is 21.4 Å². The molecule has 0 aliphatic carbocycles. The van der Waals surface area contributed by atoms with E-state index in [1.54, 1.807) is 7.11 Å². The molecule has 16 heavy (non-hydrogen) atoms. The van der Waals surface area contributed by atoms with Crippen LogP contribution in [0.15, 0.2) is 22.7 Å². The fraction of sp³-hybridized carbons (Fsp3) is 0.455. The maximum absolute atomic E-state index is 9.08. The highest BCUT2D eigenvalue weighted by atomic mass is 79.9. The predicted molar refractivity (Wildman–Crippen MR) is 68.7 cm³/mol. The van der Waals surface area contributed by atoms with Crippen LogP contribution in [0.3, 0.4) is 0 Å². The van der Waals surface area contributed by atoms with Crippen LogP contribution >= 0.6 is 27.5 Å². The van der Waals surface area contributed by atoms with E-state index in [0.717, 1.165) is 10.0 Å². The summed E-state index contributed by atoms with van der Waals surface area (Å²) >= 11 is 9.35. The highest BCUT2D eigenvalue weighted by Gasteiger charge is 2.07. The lowest BCUT2D eigenvalue weighted by Gasteiger charge is -2.15. The lowest BCUT2D eigenvalue weighted by atomic mass is 10.2. The van der Waals surface area contributed by atoms with Crippen molar-refractivity contribution in [2.45, 2.75) is 12.6 Å². The number of hydrogen-bond acceptors (Lipinski definition) is 3. The number of rotatable bonds is 6. The number of hydrogen-bond donors (Lipinski definition) is 2. The quantitative estimate of drug-likeness (QED) is 0.846. The number of methoxy groups -OCH3 is 1. The molecule has 3 nitrogen and oxygen atoms in total. The van der Waals surface area contributed by atoms with Crippen LogP contribution in [0.5, 0.6) is 0 Å². The molecule has 0 fully saturated rings. The first-order valence-corrected chi connectivity index (χ1v) is 6.11. The van der Waals surface area contributed by atoms with Crippen molar-refractivity contribution < 1.29 is 9.84 Å². The summed E-state index contributed by atoms with van der Waals surface area (Å²) in [6, 6.07) is 5.56. The normalized spacial score (nSPS) is 12.8. The number of ether oxygens (including phenoxy) is 1. The molecule has 1 aromatic rings. The molecular formula is C11H15BrClNO2. The molecule has 1 rings (SSSR count). The molecule has 0 aliphatic heterocycles. The van der Waals surface area contributed by atoms with Crippen molar-refractivity contribution in [2.24, 2.45) is 0 Å². The Kier molecular flexibility index (Phi) is 6.31. The Balaban J connectivity index is 2.55. The maximum atomic E-state index is 9.08. The van der Waals surface area contributed by atoms with E-state index in [9.17, 15) is 0 Å². The third kappa shape index (κ3) is 4.39. The van der Waals surface area contributed by atoms with Crippen molar-refractivity contribution in [1.82, 2.24) is 5.32 Å². The van der Waals surface area contributed by atoms with Gasteiger partial charge in [0.2, 0.25) is 0 Å². The second-order valence-electron chi connectivity index (χ2n) is 3.45. The van der Waals surface area contributed by atoms with Gasteiger partial charge in [0.15, 0.2) is 0 Å². The Hall–Kier alpha value is -0.130. The molecule has 0 saturated heterocycles. The summed E-state index contributed by atoms with van der Waals surface area (Å²) in [5.41, 5.74) is 1.06. The Morgan fingerprint density at radius 2 is 2.31 bits per heavy atom. The van der Waals surface area contributed by atoms with Gasteiger partial charge in [-0.05, 0) is 23.8 Å².